The lowest BCUT2D eigenvalue weighted by atomic mass is 9.98. The van der Waals surface area contributed by atoms with Crippen LogP contribution in [0.5, 0.6) is 0 Å². The van der Waals surface area contributed by atoms with Gasteiger partial charge in [-0.05, 0) is 19.0 Å². The van der Waals surface area contributed by atoms with E-state index >= 15 is 0 Å². The van der Waals surface area contributed by atoms with Gasteiger partial charge in [-0.25, -0.2) is 0 Å². The molecule has 72 valence electrons. The number of rotatable bonds is 3. The van der Waals surface area contributed by atoms with Gasteiger partial charge >= 0.3 is 6.98 Å². The Morgan fingerprint density at radius 1 is 1.50 bits per heavy atom. The number of hydrogen-bond acceptors (Lipinski definition) is 2. The van der Waals surface area contributed by atoms with Crippen LogP contribution in [0.15, 0.2) is 0 Å². The Hall–Kier alpha value is 0.165. The molecule has 0 saturated carbocycles. The predicted molar refractivity (Wildman–Crippen MR) is 45.4 cm³/mol. The van der Waals surface area contributed by atoms with Gasteiger partial charge in [0.2, 0.25) is 0 Å². The summed E-state index contributed by atoms with van der Waals surface area (Å²) < 4.78 is 40.7. The number of halogens is 3. The first-order valence-electron chi connectivity index (χ1n) is 3.93. The molecule has 0 spiro atoms. The highest BCUT2D eigenvalue weighted by Crippen LogP contribution is 2.29. The smallest absolute Gasteiger partial charge is 0.448 e. The van der Waals surface area contributed by atoms with Crippen molar-refractivity contribution in [2.75, 3.05) is 12.3 Å². The van der Waals surface area contributed by atoms with E-state index in [1.165, 1.54) is 0 Å². The van der Waals surface area contributed by atoms with Crippen molar-refractivity contribution in [2.45, 2.75) is 24.7 Å². The van der Waals surface area contributed by atoms with E-state index < -0.39 is 12.6 Å². The second kappa shape index (κ2) is 3.92. The summed E-state index contributed by atoms with van der Waals surface area (Å²) in [6, 6.07) is 0. The van der Waals surface area contributed by atoms with Crippen LogP contribution in [0.1, 0.15) is 13.3 Å². The van der Waals surface area contributed by atoms with Gasteiger partial charge in [-0.3, -0.25) is 0 Å². The Kier molecular flexibility index (Phi) is 3.34. The van der Waals surface area contributed by atoms with Gasteiger partial charge in [0.25, 0.3) is 0 Å². The predicted octanol–water partition coefficient (Wildman–Crippen LogP) is 2.28. The second-order valence-corrected chi connectivity index (χ2v) is 4.22. The molecule has 2 atom stereocenters. The van der Waals surface area contributed by atoms with Gasteiger partial charge in [-0.2, -0.15) is 11.8 Å². The maximum absolute atomic E-state index is 11.8. The maximum atomic E-state index is 11.8. The zero-order valence-electron chi connectivity index (χ0n) is 6.80. The van der Waals surface area contributed by atoms with Crippen LogP contribution < -0.4 is 0 Å². The third-order valence-corrected chi connectivity index (χ3v) is 3.42. The van der Waals surface area contributed by atoms with Crippen molar-refractivity contribution in [2.24, 2.45) is 0 Å². The van der Waals surface area contributed by atoms with Gasteiger partial charge in [0.1, 0.15) is 0 Å². The van der Waals surface area contributed by atoms with Crippen LogP contribution in [0.4, 0.5) is 12.9 Å². The fraction of sp³-hybridized carbons (Fsp3) is 1.00. The topological polar surface area (TPSA) is 9.23 Å². The number of hydrogen-bond donors (Lipinski definition) is 0. The van der Waals surface area contributed by atoms with E-state index in [0.717, 1.165) is 18.2 Å². The summed E-state index contributed by atoms with van der Waals surface area (Å²) in [4.78, 5) is 0. The quantitative estimate of drug-likeness (QED) is 0.644. The van der Waals surface area contributed by atoms with E-state index in [0.29, 0.717) is 6.61 Å². The molecule has 0 aliphatic carbocycles. The largest absolute Gasteiger partial charge is 0.488 e. The molecule has 1 nitrogen and oxygen atoms in total. The highest BCUT2D eigenvalue weighted by molar-refractivity contribution is 8.01. The van der Waals surface area contributed by atoms with Crippen LogP contribution in [0, 0.1) is 0 Å². The van der Waals surface area contributed by atoms with Gasteiger partial charge in [-0.1, -0.05) is 0 Å². The first kappa shape index (κ1) is 10.2. The number of ether oxygens (including phenoxy) is 1. The van der Waals surface area contributed by atoms with Crippen LogP contribution in [-0.4, -0.2) is 30.6 Å². The van der Waals surface area contributed by atoms with Crippen molar-refractivity contribution in [1.29, 1.82) is 0 Å². The zero-order valence-corrected chi connectivity index (χ0v) is 7.62. The molecule has 1 aliphatic heterocycles. The Morgan fingerprint density at radius 3 is 2.58 bits per heavy atom. The highest BCUT2D eigenvalue weighted by Gasteiger charge is 2.29. The van der Waals surface area contributed by atoms with E-state index in [1.807, 2.05) is 6.92 Å². The van der Waals surface area contributed by atoms with Gasteiger partial charge in [0, 0.05) is 11.9 Å². The lowest BCUT2D eigenvalue weighted by molar-refractivity contribution is 0.127. The maximum Gasteiger partial charge on any atom is 0.488 e. The van der Waals surface area contributed by atoms with Crippen molar-refractivity contribution < 1.29 is 17.7 Å². The average molecular weight is 199 g/mol. The monoisotopic (exact) mass is 199 g/mol. The van der Waals surface area contributed by atoms with Crippen molar-refractivity contribution in [3.63, 3.8) is 0 Å². The Bertz CT molecular complexity index is 152. The first-order chi connectivity index (χ1) is 5.49. The zero-order chi connectivity index (χ0) is 9.19. The molecule has 1 rings (SSSR count). The molecule has 1 aliphatic rings. The molecule has 0 N–H and O–H groups in total. The molecule has 0 aromatic carbocycles. The van der Waals surface area contributed by atoms with E-state index in [1.54, 1.807) is 0 Å². The van der Waals surface area contributed by atoms with Gasteiger partial charge < -0.3 is 17.7 Å². The van der Waals surface area contributed by atoms with Crippen LogP contribution in [0.3, 0.4) is 0 Å². The molecule has 0 bridgehead atoms. The molecule has 1 heterocycles. The Labute approximate surface area is 74.1 Å². The van der Waals surface area contributed by atoms with Crippen LogP contribution in [0.2, 0.25) is 0 Å². The summed E-state index contributed by atoms with van der Waals surface area (Å²) in [6.07, 6.45) is 0.728. The SMILES string of the molecule is CC1OCCC1SC[B-](F)(F)F. The van der Waals surface area contributed by atoms with Crippen LogP contribution in [-0.2, 0) is 4.74 Å². The molecule has 0 amide bonds. The van der Waals surface area contributed by atoms with Gasteiger partial charge in [-0.15, -0.1) is 0 Å². The van der Waals surface area contributed by atoms with Crippen molar-refractivity contribution in [3.05, 3.63) is 0 Å². The molecule has 1 fully saturated rings. The summed E-state index contributed by atoms with van der Waals surface area (Å²) in [5.74, 6) is 0. The fourth-order valence-electron chi connectivity index (χ4n) is 1.16. The minimum absolute atomic E-state index is 0.0202. The summed E-state index contributed by atoms with van der Waals surface area (Å²) in [7, 11) is 0. The van der Waals surface area contributed by atoms with Gasteiger partial charge in [0.05, 0.1) is 6.10 Å². The van der Waals surface area contributed by atoms with Crippen molar-refractivity contribution >= 4 is 18.7 Å². The van der Waals surface area contributed by atoms with Crippen LogP contribution in [0.25, 0.3) is 0 Å². The van der Waals surface area contributed by atoms with Gasteiger partial charge in [0.15, 0.2) is 0 Å². The summed E-state index contributed by atoms with van der Waals surface area (Å²) in [6.45, 7) is -2.20. The average Bonchev–Trinajstić information content (AvgIpc) is 2.29. The fourth-order valence-corrected chi connectivity index (χ4v) is 2.24. The molecule has 0 aromatic heterocycles. The van der Waals surface area contributed by atoms with E-state index in [-0.39, 0.29) is 11.4 Å². The summed E-state index contributed by atoms with van der Waals surface area (Å²) in [5, 5.41) is 0.0356. The third kappa shape index (κ3) is 3.27. The standard InChI is InChI=1S/C6H11BF3OS/c1-5-6(2-3-11-5)12-4-7(8,9)10/h5-6H,2-4H2,1H3/q-1. The molecule has 2 unspecified atom stereocenters. The van der Waals surface area contributed by atoms with E-state index in [9.17, 15) is 12.9 Å². The normalized spacial score (nSPS) is 31.0. The molecule has 12 heavy (non-hydrogen) atoms. The summed E-state index contributed by atoms with van der Waals surface area (Å²) in [5.41, 5.74) is -0.696. The molecular weight excluding hydrogens is 188 g/mol. The van der Waals surface area contributed by atoms with E-state index in [2.05, 4.69) is 0 Å². The molecule has 6 heteroatoms. The highest BCUT2D eigenvalue weighted by atomic mass is 32.2. The molecular formula is C6H11BF3OS-. The molecule has 1 saturated heterocycles. The molecule has 0 radical (unpaired) electrons. The first-order valence-corrected chi connectivity index (χ1v) is 4.98. The minimum atomic E-state index is -4.63. The minimum Gasteiger partial charge on any atom is -0.448 e. The third-order valence-electron chi connectivity index (χ3n) is 1.81. The van der Waals surface area contributed by atoms with Crippen molar-refractivity contribution in [1.82, 2.24) is 0 Å². The second-order valence-electron chi connectivity index (χ2n) is 2.95. The Balaban J connectivity index is 2.23. The van der Waals surface area contributed by atoms with Crippen molar-refractivity contribution in [3.8, 4) is 0 Å². The number of thioether (sulfide) groups is 1. The summed E-state index contributed by atoms with van der Waals surface area (Å²) >= 11 is 0.977. The lowest BCUT2D eigenvalue weighted by Crippen LogP contribution is -2.23. The van der Waals surface area contributed by atoms with Crippen LogP contribution >= 0.6 is 11.8 Å². The molecule has 0 aromatic rings. The van der Waals surface area contributed by atoms with E-state index in [4.69, 9.17) is 4.74 Å². The lowest BCUT2D eigenvalue weighted by Gasteiger charge is -2.18. The Morgan fingerprint density at radius 2 is 2.17 bits per heavy atom.